The van der Waals surface area contributed by atoms with Crippen molar-refractivity contribution in [1.82, 2.24) is 16.0 Å². The van der Waals surface area contributed by atoms with Crippen molar-refractivity contribution in [1.29, 1.82) is 0 Å². The summed E-state index contributed by atoms with van der Waals surface area (Å²) in [6.45, 7) is -1.61. The standard InChI is InChI=1S/C13H21N5O9/c14-5(1-10(22)23)11(24)18-6(2-8(15)20)12(25)16-3-9(21)17-7(4-19)13(26)27/h5-7,19H,1-4,14H2,(H2,15,20)(H,16,25)(H,17,21)(H,18,24)(H,22,23)(H,26,27). The molecule has 0 saturated carbocycles. The Morgan fingerprint density at radius 3 is 1.93 bits per heavy atom. The van der Waals surface area contributed by atoms with Crippen LogP contribution in [0.1, 0.15) is 12.8 Å². The van der Waals surface area contributed by atoms with Gasteiger partial charge in [-0.05, 0) is 0 Å². The Labute approximate surface area is 152 Å². The highest BCUT2D eigenvalue weighted by Crippen LogP contribution is 1.96. The number of amides is 4. The van der Waals surface area contributed by atoms with Crippen molar-refractivity contribution in [3.8, 4) is 0 Å². The van der Waals surface area contributed by atoms with Crippen molar-refractivity contribution in [3.05, 3.63) is 0 Å². The van der Waals surface area contributed by atoms with Gasteiger partial charge in [0.2, 0.25) is 23.6 Å². The Bertz CT molecular complexity index is 609. The summed E-state index contributed by atoms with van der Waals surface area (Å²) in [6, 6.07) is -4.60. The molecule has 0 fully saturated rings. The van der Waals surface area contributed by atoms with Gasteiger partial charge >= 0.3 is 11.9 Å². The molecule has 27 heavy (non-hydrogen) atoms. The lowest BCUT2D eigenvalue weighted by molar-refractivity contribution is -0.143. The lowest BCUT2D eigenvalue weighted by Crippen LogP contribution is -2.54. The Hall–Kier alpha value is -3.26. The molecule has 0 aromatic rings. The summed E-state index contributed by atoms with van der Waals surface area (Å²) in [5.74, 6) is -6.84. The lowest BCUT2D eigenvalue weighted by atomic mass is 10.1. The summed E-state index contributed by atoms with van der Waals surface area (Å²) in [7, 11) is 0. The molecule has 0 bridgehead atoms. The van der Waals surface area contributed by atoms with Gasteiger partial charge in [0, 0.05) is 0 Å². The number of aliphatic hydroxyl groups excluding tert-OH is 1. The van der Waals surface area contributed by atoms with Crippen molar-refractivity contribution in [2.24, 2.45) is 11.5 Å². The quantitative estimate of drug-likeness (QED) is 0.157. The van der Waals surface area contributed by atoms with Gasteiger partial charge < -0.3 is 42.7 Å². The van der Waals surface area contributed by atoms with Crippen molar-refractivity contribution >= 4 is 35.6 Å². The predicted octanol–water partition coefficient (Wildman–Crippen LogP) is -5.17. The molecule has 0 aromatic carbocycles. The highest BCUT2D eigenvalue weighted by atomic mass is 16.4. The van der Waals surface area contributed by atoms with Gasteiger partial charge in [0.1, 0.15) is 12.1 Å². The highest BCUT2D eigenvalue weighted by Gasteiger charge is 2.27. The van der Waals surface area contributed by atoms with E-state index in [9.17, 15) is 28.8 Å². The second-order valence-electron chi connectivity index (χ2n) is 5.29. The lowest BCUT2D eigenvalue weighted by Gasteiger charge is -2.19. The zero-order valence-corrected chi connectivity index (χ0v) is 14.0. The topological polar surface area (TPSA) is 251 Å². The summed E-state index contributed by atoms with van der Waals surface area (Å²) >= 11 is 0. The van der Waals surface area contributed by atoms with Gasteiger partial charge in [-0.1, -0.05) is 0 Å². The van der Waals surface area contributed by atoms with E-state index in [0.717, 1.165) is 0 Å². The van der Waals surface area contributed by atoms with Crippen LogP contribution in [0.15, 0.2) is 0 Å². The number of aliphatic hydroxyl groups is 1. The summed E-state index contributed by atoms with van der Waals surface area (Å²) in [5.41, 5.74) is 10.3. The Morgan fingerprint density at radius 2 is 1.48 bits per heavy atom. The molecule has 14 nitrogen and oxygen atoms in total. The van der Waals surface area contributed by atoms with Crippen molar-refractivity contribution in [2.45, 2.75) is 31.0 Å². The van der Waals surface area contributed by atoms with Crippen molar-refractivity contribution < 1.29 is 44.1 Å². The highest BCUT2D eigenvalue weighted by molar-refractivity contribution is 5.95. The molecule has 0 aliphatic rings. The summed E-state index contributed by atoms with van der Waals surface area (Å²) < 4.78 is 0. The number of carboxylic acid groups (broad SMARTS) is 2. The second kappa shape index (κ2) is 11.4. The number of nitrogens with two attached hydrogens (primary N) is 2. The molecule has 14 heteroatoms. The minimum atomic E-state index is -1.58. The zero-order valence-electron chi connectivity index (χ0n) is 14.0. The molecule has 0 radical (unpaired) electrons. The minimum absolute atomic E-state index is 0.659. The molecule has 0 spiro atoms. The molecule has 3 unspecified atom stereocenters. The molecular weight excluding hydrogens is 370 g/mol. The second-order valence-corrected chi connectivity index (χ2v) is 5.29. The number of hydrogen-bond acceptors (Lipinski definition) is 8. The van der Waals surface area contributed by atoms with E-state index in [2.05, 4.69) is 0 Å². The number of primary amides is 1. The molecule has 3 atom stereocenters. The van der Waals surface area contributed by atoms with E-state index in [1.807, 2.05) is 16.0 Å². The molecular formula is C13H21N5O9. The zero-order chi connectivity index (χ0) is 21.1. The van der Waals surface area contributed by atoms with Crippen LogP contribution in [0.2, 0.25) is 0 Å². The van der Waals surface area contributed by atoms with Crippen LogP contribution in [0, 0.1) is 0 Å². The van der Waals surface area contributed by atoms with Gasteiger partial charge in [0.05, 0.1) is 32.0 Å². The predicted molar refractivity (Wildman–Crippen MR) is 85.6 cm³/mol. The van der Waals surface area contributed by atoms with Crippen LogP contribution in [-0.2, 0) is 28.8 Å². The maximum atomic E-state index is 12.0. The van der Waals surface area contributed by atoms with E-state index < -0.39 is 79.7 Å². The van der Waals surface area contributed by atoms with E-state index in [-0.39, 0.29) is 0 Å². The number of nitrogens with one attached hydrogen (secondary N) is 3. The Morgan fingerprint density at radius 1 is 0.889 bits per heavy atom. The molecule has 10 N–H and O–H groups in total. The van der Waals surface area contributed by atoms with E-state index in [1.165, 1.54) is 0 Å². The first-order chi connectivity index (χ1) is 12.5. The van der Waals surface area contributed by atoms with Gasteiger partial charge in [0.25, 0.3) is 0 Å². The smallest absolute Gasteiger partial charge is 0.328 e. The maximum Gasteiger partial charge on any atom is 0.328 e. The van der Waals surface area contributed by atoms with Crippen LogP contribution in [0.5, 0.6) is 0 Å². The number of carbonyl (C=O) groups excluding carboxylic acids is 4. The summed E-state index contributed by atoms with van der Waals surface area (Å²) in [6.07, 6.45) is -1.38. The normalized spacial score (nSPS) is 13.6. The molecule has 0 aromatic heterocycles. The van der Waals surface area contributed by atoms with Gasteiger partial charge in [0.15, 0.2) is 0 Å². The first-order valence-electron chi connectivity index (χ1n) is 7.44. The first kappa shape index (κ1) is 23.7. The molecule has 0 aliphatic heterocycles. The van der Waals surface area contributed by atoms with Crippen LogP contribution in [0.4, 0.5) is 0 Å². The third-order valence-electron chi connectivity index (χ3n) is 3.01. The molecule has 0 heterocycles. The van der Waals surface area contributed by atoms with Crippen LogP contribution < -0.4 is 27.4 Å². The van der Waals surface area contributed by atoms with E-state index >= 15 is 0 Å². The van der Waals surface area contributed by atoms with Gasteiger partial charge in [-0.2, -0.15) is 0 Å². The summed E-state index contributed by atoms with van der Waals surface area (Å²) in [4.78, 5) is 67.6. The van der Waals surface area contributed by atoms with Crippen LogP contribution >= 0.6 is 0 Å². The fraction of sp³-hybridized carbons (Fsp3) is 0.538. The van der Waals surface area contributed by atoms with E-state index in [1.54, 1.807) is 0 Å². The third-order valence-corrected chi connectivity index (χ3v) is 3.01. The number of rotatable bonds is 12. The number of hydrogen-bond donors (Lipinski definition) is 8. The fourth-order valence-corrected chi connectivity index (χ4v) is 1.69. The molecule has 0 saturated heterocycles. The largest absolute Gasteiger partial charge is 0.481 e. The Kier molecular flexibility index (Phi) is 10.0. The maximum absolute atomic E-state index is 12.0. The summed E-state index contributed by atoms with van der Waals surface area (Å²) in [5, 5.41) is 32.0. The van der Waals surface area contributed by atoms with Crippen molar-refractivity contribution in [2.75, 3.05) is 13.2 Å². The number of carboxylic acids is 2. The minimum Gasteiger partial charge on any atom is -0.481 e. The van der Waals surface area contributed by atoms with Crippen LogP contribution in [0.3, 0.4) is 0 Å². The molecule has 0 aliphatic carbocycles. The molecule has 0 rings (SSSR count). The third kappa shape index (κ3) is 9.71. The Balaban J connectivity index is 4.80. The average Bonchev–Trinajstić information content (AvgIpc) is 2.55. The fourth-order valence-electron chi connectivity index (χ4n) is 1.69. The van der Waals surface area contributed by atoms with E-state index in [0.29, 0.717) is 0 Å². The SMILES string of the molecule is NC(=O)CC(NC(=O)C(N)CC(=O)O)C(=O)NCC(=O)NC(CO)C(=O)O. The van der Waals surface area contributed by atoms with Crippen LogP contribution in [0.25, 0.3) is 0 Å². The first-order valence-corrected chi connectivity index (χ1v) is 7.44. The van der Waals surface area contributed by atoms with Gasteiger partial charge in [-0.15, -0.1) is 0 Å². The van der Waals surface area contributed by atoms with E-state index in [4.69, 9.17) is 26.8 Å². The number of aliphatic carboxylic acids is 2. The molecule has 152 valence electrons. The van der Waals surface area contributed by atoms with Gasteiger partial charge in [-0.25, -0.2) is 4.79 Å². The molecule has 4 amide bonds. The monoisotopic (exact) mass is 391 g/mol. The van der Waals surface area contributed by atoms with Gasteiger partial charge in [-0.3, -0.25) is 24.0 Å². The van der Waals surface area contributed by atoms with Crippen molar-refractivity contribution in [3.63, 3.8) is 0 Å². The average molecular weight is 391 g/mol. The van der Waals surface area contributed by atoms with Crippen LogP contribution in [-0.4, -0.2) is 82.2 Å². The number of carbonyl (C=O) groups is 6.